The van der Waals surface area contributed by atoms with Crippen LogP contribution in [0, 0.1) is 11.3 Å². The zero-order chi connectivity index (χ0) is 17.4. The summed E-state index contributed by atoms with van der Waals surface area (Å²) in [5.41, 5.74) is -1.01. The van der Waals surface area contributed by atoms with Gasteiger partial charge < -0.3 is 15.4 Å². The van der Waals surface area contributed by atoms with Crippen molar-refractivity contribution in [1.29, 1.82) is 5.26 Å². The van der Waals surface area contributed by atoms with E-state index in [2.05, 4.69) is 4.98 Å². The van der Waals surface area contributed by atoms with Crippen molar-refractivity contribution in [2.45, 2.75) is 0 Å². The first-order valence-corrected chi connectivity index (χ1v) is 6.65. The number of hydrogen-bond acceptors (Lipinski definition) is 6. The highest BCUT2D eigenvalue weighted by atomic mass is 16.5. The molecule has 0 saturated carbocycles. The largest absolute Gasteiger partial charge is 0.506 e. The lowest BCUT2D eigenvalue weighted by atomic mass is 10.0. The molecule has 8 heteroatoms. The second-order valence-electron chi connectivity index (χ2n) is 4.93. The summed E-state index contributed by atoms with van der Waals surface area (Å²) in [4.78, 5) is 26.8. The highest BCUT2D eigenvalue weighted by Crippen LogP contribution is 2.29. The van der Waals surface area contributed by atoms with Gasteiger partial charge in [-0.3, -0.25) is 4.79 Å². The van der Waals surface area contributed by atoms with Crippen LogP contribution in [0.3, 0.4) is 0 Å². The molecule has 118 valence electrons. The fraction of sp³-hybridized carbons (Fsp3) is 0. The third kappa shape index (κ3) is 2.21. The van der Waals surface area contributed by atoms with Gasteiger partial charge in [0.05, 0.1) is 17.0 Å². The maximum atomic E-state index is 11.8. The molecule has 0 aliphatic heterocycles. The molecule has 0 atom stereocenters. The second kappa shape index (κ2) is 5.40. The van der Waals surface area contributed by atoms with Gasteiger partial charge in [0, 0.05) is 11.8 Å². The summed E-state index contributed by atoms with van der Waals surface area (Å²) in [5.74, 6) is -2.45. The number of nitriles is 1. The number of pyridine rings is 2. The van der Waals surface area contributed by atoms with Crippen LogP contribution in [-0.2, 0) is 0 Å². The molecular formula is C16H9N3O5. The maximum absolute atomic E-state index is 11.8. The molecule has 0 spiro atoms. The molecule has 0 unspecified atom stereocenters. The molecule has 24 heavy (non-hydrogen) atoms. The molecule has 3 rings (SSSR count). The first-order valence-electron chi connectivity index (χ1n) is 6.65. The van der Waals surface area contributed by atoms with Gasteiger partial charge in [-0.05, 0) is 23.8 Å². The zero-order valence-electron chi connectivity index (χ0n) is 12.0. The Kier molecular flexibility index (Phi) is 3.39. The number of fused-ring (bicyclic) bond motifs is 1. The molecule has 0 radical (unpaired) electrons. The van der Waals surface area contributed by atoms with Gasteiger partial charge in [-0.2, -0.15) is 5.26 Å². The molecule has 0 bridgehead atoms. The van der Waals surface area contributed by atoms with Gasteiger partial charge >= 0.3 is 11.5 Å². The fourth-order valence-electron chi connectivity index (χ4n) is 2.36. The summed E-state index contributed by atoms with van der Waals surface area (Å²) >= 11 is 0. The topological polar surface area (TPSA) is 136 Å². The normalized spacial score (nSPS) is 10.5. The Labute approximate surface area is 134 Å². The molecule has 3 aromatic rings. The summed E-state index contributed by atoms with van der Waals surface area (Å²) < 4.78 is 0.0774. The van der Waals surface area contributed by atoms with Gasteiger partial charge in [-0.15, -0.1) is 4.73 Å². The van der Waals surface area contributed by atoms with E-state index in [4.69, 9.17) is 10.4 Å². The van der Waals surface area contributed by atoms with Gasteiger partial charge in [0.2, 0.25) is 0 Å². The first-order chi connectivity index (χ1) is 11.4. The smallest absolute Gasteiger partial charge is 0.345 e. The van der Waals surface area contributed by atoms with Crippen molar-refractivity contribution < 1.29 is 20.2 Å². The maximum Gasteiger partial charge on any atom is 0.345 e. The van der Waals surface area contributed by atoms with E-state index in [1.54, 1.807) is 24.3 Å². The van der Waals surface area contributed by atoms with Crippen LogP contribution in [0.2, 0.25) is 0 Å². The number of aromatic carboxylic acids is 1. The first kappa shape index (κ1) is 15.1. The van der Waals surface area contributed by atoms with Crippen LogP contribution >= 0.6 is 0 Å². The van der Waals surface area contributed by atoms with Gasteiger partial charge in [0.1, 0.15) is 5.75 Å². The molecule has 0 saturated heterocycles. The third-order valence-corrected chi connectivity index (χ3v) is 3.50. The summed E-state index contributed by atoms with van der Waals surface area (Å²) in [6.45, 7) is 0. The van der Waals surface area contributed by atoms with Crippen molar-refractivity contribution in [3.05, 3.63) is 58.0 Å². The highest BCUT2D eigenvalue weighted by Gasteiger charge is 2.22. The number of aromatic hydroxyl groups is 1. The molecule has 8 nitrogen and oxygen atoms in total. The van der Waals surface area contributed by atoms with Crippen LogP contribution in [0.15, 0.2) is 41.3 Å². The van der Waals surface area contributed by atoms with Crippen molar-refractivity contribution in [3.63, 3.8) is 0 Å². The molecule has 3 N–H and O–H groups in total. The Morgan fingerprint density at radius 1 is 1.25 bits per heavy atom. The van der Waals surface area contributed by atoms with Crippen LogP contribution < -0.4 is 5.56 Å². The Morgan fingerprint density at radius 3 is 2.67 bits per heavy atom. The van der Waals surface area contributed by atoms with Gasteiger partial charge in [0.25, 0.3) is 0 Å². The van der Waals surface area contributed by atoms with Crippen molar-refractivity contribution in [1.82, 2.24) is 9.71 Å². The van der Waals surface area contributed by atoms with Crippen LogP contribution in [0.1, 0.15) is 15.9 Å². The molecular weight excluding hydrogens is 314 g/mol. The van der Waals surface area contributed by atoms with Crippen LogP contribution in [0.25, 0.3) is 22.2 Å². The number of carboxylic acids is 1. The monoisotopic (exact) mass is 323 g/mol. The molecule has 0 amide bonds. The molecule has 0 fully saturated rings. The number of carbonyl (C=O) groups is 1. The number of nitrogens with zero attached hydrogens (tertiary/aromatic N) is 3. The number of benzene rings is 1. The van der Waals surface area contributed by atoms with Gasteiger partial charge in [0.15, 0.2) is 11.2 Å². The molecule has 2 heterocycles. The van der Waals surface area contributed by atoms with Crippen molar-refractivity contribution in [2.75, 3.05) is 0 Å². The Hall–Kier alpha value is -3.86. The second-order valence-corrected chi connectivity index (χ2v) is 4.93. The van der Waals surface area contributed by atoms with E-state index >= 15 is 0 Å². The minimum Gasteiger partial charge on any atom is -0.506 e. The predicted octanol–water partition coefficient (Wildman–Crippen LogP) is 1.58. The van der Waals surface area contributed by atoms with E-state index in [0.29, 0.717) is 16.7 Å². The minimum atomic E-state index is -1.67. The molecule has 2 aromatic heterocycles. The zero-order valence-corrected chi connectivity index (χ0v) is 12.0. The van der Waals surface area contributed by atoms with Crippen LogP contribution in [0.5, 0.6) is 5.75 Å². The number of hydrogen-bond donors (Lipinski definition) is 3. The lowest BCUT2D eigenvalue weighted by Crippen LogP contribution is -2.25. The Balaban J connectivity index is 2.34. The van der Waals surface area contributed by atoms with Crippen molar-refractivity contribution in [2.24, 2.45) is 0 Å². The number of aromatic nitrogens is 2. The SMILES string of the molecule is N#Cc1cccc(-c2cnc3c(c2)c(O)c(C(=O)O)c(=O)n3O)c1. The quantitative estimate of drug-likeness (QED) is 0.609. The average molecular weight is 323 g/mol. The van der Waals surface area contributed by atoms with E-state index < -0.39 is 22.8 Å². The number of carboxylic acid groups (broad SMARTS) is 1. The fourth-order valence-corrected chi connectivity index (χ4v) is 2.36. The molecule has 0 aliphatic carbocycles. The van der Waals surface area contributed by atoms with Gasteiger partial charge in [-0.25, -0.2) is 9.78 Å². The van der Waals surface area contributed by atoms with Crippen molar-refractivity contribution in [3.8, 4) is 22.9 Å². The van der Waals surface area contributed by atoms with E-state index in [-0.39, 0.29) is 15.8 Å². The summed E-state index contributed by atoms with van der Waals surface area (Å²) in [5, 5.41) is 37.8. The lowest BCUT2D eigenvalue weighted by molar-refractivity contribution is 0.0685. The van der Waals surface area contributed by atoms with E-state index in [9.17, 15) is 19.9 Å². The summed E-state index contributed by atoms with van der Waals surface area (Å²) in [6, 6.07) is 9.94. The van der Waals surface area contributed by atoms with E-state index in [1.165, 1.54) is 12.3 Å². The molecule has 0 aliphatic rings. The standard InChI is InChI=1S/C16H9N3O5/c17-6-8-2-1-3-9(4-8)10-5-11-13(20)12(16(22)23)15(21)19(24)14(11)18-7-10/h1-5,7,20,24H,(H,22,23). The van der Waals surface area contributed by atoms with E-state index in [1.807, 2.05) is 6.07 Å². The minimum absolute atomic E-state index is 0.0774. The summed E-state index contributed by atoms with van der Waals surface area (Å²) in [6.07, 6.45) is 1.34. The summed E-state index contributed by atoms with van der Waals surface area (Å²) in [7, 11) is 0. The Morgan fingerprint density at radius 2 is 2.00 bits per heavy atom. The van der Waals surface area contributed by atoms with Gasteiger partial charge in [-0.1, -0.05) is 12.1 Å². The third-order valence-electron chi connectivity index (χ3n) is 3.50. The highest BCUT2D eigenvalue weighted by molar-refractivity contribution is 5.98. The van der Waals surface area contributed by atoms with E-state index in [0.717, 1.165) is 0 Å². The lowest BCUT2D eigenvalue weighted by Gasteiger charge is -2.09. The Bertz CT molecular complexity index is 1100. The predicted molar refractivity (Wildman–Crippen MR) is 82.0 cm³/mol. The van der Waals surface area contributed by atoms with Crippen LogP contribution in [-0.4, -0.2) is 31.1 Å². The van der Waals surface area contributed by atoms with Crippen molar-refractivity contribution >= 4 is 17.0 Å². The average Bonchev–Trinajstić information content (AvgIpc) is 2.59. The number of rotatable bonds is 2. The van der Waals surface area contributed by atoms with Crippen LogP contribution in [0.4, 0.5) is 0 Å². The molecule has 1 aromatic carbocycles.